The van der Waals surface area contributed by atoms with Gasteiger partial charge in [-0.15, -0.1) is 0 Å². The van der Waals surface area contributed by atoms with Crippen molar-refractivity contribution >= 4 is 21.6 Å². The van der Waals surface area contributed by atoms with Crippen molar-refractivity contribution in [3.05, 3.63) is 64.7 Å². The van der Waals surface area contributed by atoms with Crippen LogP contribution < -0.4 is 9.62 Å². The van der Waals surface area contributed by atoms with Crippen LogP contribution in [0.2, 0.25) is 0 Å². The van der Waals surface area contributed by atoms with Crippen molar-refractivity contribution in [3.8, 4) is 0 Å². The summed E-state index contributed by atoms with van der Waals surface area (Å²) in [6, 6.07) is 14.0. The molecule has 1 N–H and O–H groups in total. The SMILES string of the molecule is Cc1cccc(CN2CCC(NC(=O)c3ccc4c(c3)CC(C)N4S(C)(=O)=O)CC2)c1. The van der Waals surface area contributed by atoms with Crippen molar-refractivity contribution in [1.29, 1.82) is 0 Å². The Labute approximate surface area is 185 Å². The van der Waals surface area contributed by atoms with Crippen molar-refractivity contribution < 1.29 is 13.2 Å². The average Bonchev–Trinajstić information content (AvgIpc) is 3.04. The van der Waals surface area contributed by atoms with Crippen LogP contribution in [-0.2, 0) is 23.0 Å². The van der Waals surface area contributed by atoms with Crippen molar-refractivity contribution in [2.45, 2.75) is 51.7 Å². The summed E-state index contributed by atoms with van der Waals surface area (Å²) in [5.41, 5.74) is 4.82. The van der Waals surface area contributed by atoms with Crippen LogP contribution in [0.3, 0.4) is 0 Å². The summed E-state index contributed by atoms with van der Waals surface area (Å²) in [4.78, 5) is 15.3. The second-order valence-electron chi connectivity index (χ2n) is 8.97. The first kappa shape index (κ1) is 21.8. The summed E-state index contributed by atoms with van der Waals surface area (Å²) < 4.78 is 25.6. The van der Waals surface area contributed by atoms with Crippen LogP contribution in [0.15, 0.2) is 42.5 Å². The van der Waals surface area contributed by atoms with Gasteiger partial charge in [0.2, 0.25) is 10.0 Å². The molecule has 1 fully saturated rings. The maximum absolute atomic E-state index is 12.8. The van der Waals surface area contributed by atoms with Crippen molar-refractivity contribution in [2.24, 2.45) is 0 Å². The van der Waals surface area contributed by atoms with Gasteiger partial charge >= 0.3 is 0 Å². The molecule has 2 aliphatic rings. The molecule has 0 spiro atoms. The first-order chi connectivity index (χ1) is 14.7. The molecule has 0 aliphatic carbocycles. The Morgan fingerprint density at radius 1 is 1.13 bits per heavy atom. The van der Waals surface area contributed by atoms with Crippen LogP contribution in [0.4, 0.5) is 5.69 Å². The van der Waals surface area contributed by atoms with Gasteiger partial charge in [0.15, 0.2) is 0 Å². The lowest BCUT2D eigenvalue weighted by Gasteiger charge is -2.32. The van der Waals surface area contributed by atoms with Gasteiger partial charge in [-0.2, -0.15) is 0 Å². The maximum atomic E-state index is 12.8. The second kappa shape index (κ2) is 8.63. The van der Waals surface area contributed by atoms with Crippen molar-refractivity contribution in [3.63, 3.8) is 0 Å². The number of carbonyl (C=O) groups is 1. The number of hydrogen-bond donors (Lipinski definition) is 1. The number of nitrogens with zero attached hydrogens (tertiary/aromatic N) is 2. The van der Waals surface area contributed by atoms with Gasteiger partial charge in [-0.25, -0.2) is 8.42 Å². The lowest BCUT2D eigenvalue weighted by molar-refractivity contribution is 0.0909. The van der Waals surface area contributed by atoms with E-state index in [1.165, 1.54) is 21.7 Å². The zero-order valence-electron chi connectivity index (χ0n) is 18.5. The molecule has 0 aromatic heterocycles. The molecule has 7 heteroatoms. The highest BCUT2D eigenvalue weighted by molar-refractivity contribution is 7.92. The summed E-state index contributed by atoms with van der Waals surface area (Å²) >= 11 is 0. The first-order valence-electron chi connectivity index (χ1n) is 10.9. The minimum Gasteiger partial charge on any atom is -0.349 e. The van der Waals surface area contributed by atoms with Gasteiger partial charge in [-0.05, 0) is 62.4 Å². The van der Waals surface area contributed by atoms with Gasteiger partial charge in [0.1, 0.15) is 0 Å². The number of anilines is 1. The molecule has 4 rings (SSSR count). The fraction of sp³-hybridized carbons (Fsp3) is 0.458. The van der Waals surface area contributed by atoms with E-state index < -0.39 is 10.0 Å². The van der Waals surface area contributed by atoms with Gasteiger partial charge < -0.3 is 5.32 Å². The number of hydrogen-bond acceptors (Lipinski definition) is 4. The van der Waals surface area contributed by atoms with E-state index >= 15 is 0 Å². The third-order valence-electron chi connectivity index (χ3n) is 6.26. The molecule has 0 bridgehead atoms. The van der Waals surface area contributed by atoms with Crippen molar-refractivity contribution in [1.82, 2.24) is 10.2 Å². The summed E-state index contributed by atoms with van der Waals surface area (Å²) in [7, 11) is -3.32. The van der Waals surface area contributed by atoms with Crippen LogP contribution in [0.25, 0.3) is 0 Å². The highest BCUT2D eigenvalue weighted by Gasteiger charge is 2.33. The number of sulfonamides is 1. The zero-order valence-corrected chi connectivity index (χ0v) is 19.3. The van der Waals surface area contributed by atoms with E-state index in [2.05, 4.69) is 41.4 Å². The number of fused-ring (bicyclic) bond motifs is 1. The predicted molar refractivity (Wildman–Crippen MR) is 124 cm³/mol. The summed E-state index contributed by atoms with van der Waals surface area (Å²) in [5, 5.41) is 3.18. The second-order valence-corrected chi connectivity index (χ2v) is 10.8. The monoisotopic (exact) mass is 441 g/mol. The molecule has 1 unspecified atom stereocenters. The van der Waals surface area contributed by atoms with E-state index in [0.717, 1.165) is 38.0 Å². The third kappa shape index (κ3) is 4.93. The van der Waals surface area contributed by atoms with Gasteiger partial charge in [0.05, 0.1) is 11.9 Å². The summed E-state index contributed by atoms with van der Waals surface area (Å²) in [5.74, 6) is -0.0783. The molecule has 31 heavy (non-hydrogen) atoms. The van der Waals surface area contributed by atoms with Crippen molar-refractivity contribution in [2.75, 3.05) is 23.7 Å². The Bertz CT molecular complexity index is 1080. The molecule has 0 radical (unpaired) electrons. The Morgan fingerprint density at radius 2 is 1.87 bits per heavy atom. The van der Waals surface area contributed by atoms with E-state index in [0.29, 0.717) is 17.7 Å². The maximum Gasteiger partial charge on any atom is 0.251 e. The Balaban J connectivity index is 1.34. The smallest absolute Gasteiger partial charge is 0.251 e. The van der Waals surface area contributed by atoms with Gasteiger partial charge in [-0.3, -0.25) is 14.0 Å². The topological polar surface area (TPSA) is 69.7 Å². The van der Waals surface area contributed by atoms with Crippen LogP contribution in [-0.4, -0.2) is 50.7 Å². The van der Waals surface area contributed by atoms with E-state index in [9.17, 15) is 13.2 Å². The summed E-state index contributed by atoms with van der Waals surface area (Å²) in [6.45, 7) is 6.88. The number of piperidine rings is 1. The quantitative estimate of drug-likeness (QED) is 0.774. The number of rotatable bonds is 5. The molecule has 2 aromatic carbocycles. The standard InChI is InChI=1S/C24H31N3O3S/c1-17-5-4-6-19(13-17)16-26-11-9-22(10-12-26)25-24(28)20-7-8-23-21(15-20)14-18(2)27(23)31(3,29)30/h4-8,13,15,18,22H,9-12,14,16H2,1-3H3,(H,25,28). The number of benzene rings is 2. The minimum atomic E-state index is -3.32. The summed E-state index contributed by atoms with van der Waals surface area (Å²) in [6.07, 6.45) is 3.72. The lowest BCUT2D eigenvalue weighted by Crippen LogP contribution is -2.44. The highest BCUT2D eigenvalue weighted by Crippen LogP contribution is 2.34. The predicted octanol–water partition coefficient (Wildman–Crippen LogP) is 3.10. The number of carbonyl (C=O) groups excluding carboxylic acids is 1. The highest BCUT2D eigenvalue weighted by atomic mass is 32.2. The molecule has 166 valence electrons. The van der Waals surface area contributed by atoms with Gasteiger partial charge in [0, 0.05) is 37.3 Å². The molecule has 1 saturated heterocycles. The fourth-order valence-corrected chi connectivity index (χ4v) is 6.09. The Morgan fingerprint density at radius 3 is 2.55 bits per heavy atom. The molecule has 2 aliphatic heterocycles. The molecule has 6 nitrogen and oxygen atoms in total. The minimum absolute atomic E-state index is 0.0783. The molecule has 1 amide bonds. The van der Waals surface area contributed by atoms with Crippen LogP contribution in [0.5, 0.6) is 0 Å². The fourth-order valence-electron chi connectivity index (χ4n) is 4.82. The third-order valence-corrected chi connectivity index (χ3v) is 7.53. The molecule has 0 saturated carbocycles. The Kier molecular flexibility index (Phi) is 6.08. The lowest BCUT2D eigenvalue weighted by atomic mass is 10.0. The molecule has 1 atom stereocenters. The zero-order chi connectivity index (χ0) is 22.2. The van der Waals surface area contributed by atoms with Crippen LogP contribution >= 0.6 is 0 Å². The van der Waals surface area contributed by atoms with Crippen LogP contribution in [0.1, 0.15) is 46.8 Å². The average molecular weight is 442 g/mol. The van der Waals surface area contributed by atoms with E-state index in [-0.39, 0.29) is 18.0 Å². The Hall–Kier alpha value is -2.38. The van der Waals surface area contributed by atoms with E-state index in [4.69, 9.17) is 0 Å². The normalized spacial score (nSPS) is 20.0. The van der Waals surface area contributed by atoms with Gasteiger partial charge in [-0.1, -0.05) is 29.8 Å². The van der Waals surface area contributed by atoms with E-state index in [1.807, 2.05) is 13.0 Å². The first-order valence-corrected chi connectivity index (χ1v) is 12.8. The number of likely N-dealkylation sites (tertiary alicyclic amines) is 1. The number of nitrogens with one attached hydrogen (secondary N) is 1. The number of amides is 1. The van der Waals surface area contributed by atoms with E-state index in [1.54, 1.807) is 12.1 Å². The molecule has 2 aromatic rings. The van der Waals surface area contributed by atoms with Gasteiger partial charge in [0.25, 0.3) is 5.91 Å². The largest absolute Gasteiger partial charge is 0.349 e. The molecular weight excluding hydrogens is 410 g/mol. The molecular formula is C24H31N3O3S. The molecule has 2 heterocycles. The van der Waals surface area contributed by atoms with Crippen LogP contribution in [0, 0.1) is 6.92 Å². The number of aryl methyl sites for hydroxylation is 1.